The Morgan fingerprint density at radius 1 is 1.37 bits per heavy atom. The summed E-state index contributed by atoms with van der Waals surface area (Å²) in [5.41, 5.74) is 6.90. The molecule has 1 aromatic carbocycles. The second kappa shape index (κ2) is 6.58. The molecule has 6 heteroatoms. The van der Waals surface area contributed by atoms with Crippen LogP contribution in [0, 0.1) is 5.82 Å². The molecule has 0 aliphatic rings. The van der Waals surface area contributed by atoms with E-state index >= 15 is 0 Å². The van der Waals surface area contributed by atoms with E-state index in [0.717, 1.165) is 5.56 Å². The molecule has 0 saturated carbocycles. The molecule has 1 rings (SSSR count). The van der Waals surface area contributed by atoms with E-state index in [9.17, 15) is 9.18 Å². The highest BCUT2D eigenvalue weighted by Gasteiger charge is 2.12. The highest BCUT2D eigenvalue weighted by Crippen LogP contribution is 2.13. The Hall–Kier alpha value is -1.53. The van der Waals surface area contributed by atoms with Crippen LogP contribution in [0.15, 0.2) is 18.2 Å². The number of hydrogen-bond acceptors (Lipinski definition) is 3. The Balaban J connectivity index is 2.82. The standard InChI is InChI=1S/C13H18FN3OS/c1-16(2)12(18)8-17(3)7-9-4-5-10(14)6-11(9)13(15)19/h4-6H,7-8H2,1-3H3,(H2,15,19). The molecule has 0 heterocycles. The summed E-state index contributed by atoms with van der Waals surface area (Å²) in [6.45, 7) is 0.758. The van der Waals surface area contributed by atoms with Gasteiger partial charge >= 0.3 is 0 Å². The van der Waals surface area contributed by atoms with Crippen molar-refractivity contribution in [3.8, 4) is 0 Å². The number of hydrogen-bond donors (Lipinski definition) is 1. The zero-order chi connectivity index (χ0) is 14.6. The summed E-state index contributed by atoms with van der Waals surface area (Å²) >= 11 is 4.91. The maximum Gasteiger partial charge on any atom is 0.236 e. The summed E-state index contributed by atoms with van der Waals surface area (Å²) in [5, 5.41) is 0. The van der Waals surface area contributed by atoms with Crippen LogP contribution in [0.1, 0.15) is 11.1 Å². The van der Waals surface area contributed by atoms with Crippen LogP contribution in [0.3, 0.4) is 0 Å². The van der Waals surface area contributed by atoms with Gasteiger partial charge < -0.3 is 10.6 Å². The molecule has 0 spiro atoms. The van der Waals surface area contributed by atoms with Crippen LogP contribution in [0.2, 0.25) is 0 Å². The number of nitrogens with zero attached hydrogens (tertiary/aromatic N) is 2. The van der Waals surface area contributed by atoms with Gasteiger partial charge in [-0.15, -0.1) is 0 Å². The number of rotatable bonds is 5. The lowest BCUT2D eigenvalue weighted by atomic mass is 10.1. The van der Waals surface area contributed by atoms with Crippen LogP contribution in [-0.4, -0.2) is 48.4 Å². The van der Waals surface area contributed by atoms with Gasteiger partial charge in [-0.05, 0) is 24.7 Å². The molecule has 0 aliphatic carbocycles. The fourth-order valence-corrected chi connectivity index (χ4v) is 1.82. The molecule has 1 amide bonds. The molecule has 0 fully saturated rings. The van der Waals surface area contributed by atoms with E-state index < -0.39 is 0 Å². The Morgan fingerprint density at radius 3 is 2.53 bits per heavy atom. The lowest BCUT2D eigenvalue weighted by Crippen LogP contribution is -2.34. The quantitative estimate of drug-likeness (QED) is 0.819. The van der Waals surface area contributed by atoms with Gasteiger partial charge in [0.1, 0.15) is 10.8 Å². The number of carbonyl (C=O) groups is 1. The minimum atomic E-state index is -0.376. The van der Waals surface area contributed by atoms with Gasteiger partial charge in [0.15, 0.2) is 0 Å². The third-order valence-electron chi connectivity index (χ3n) is 2.68. The molecular formula is C13H18FN3OS. The molecule has 19 heavy (non-hydrogen) atoms. The minimum absolute atomic E-state index is 0.00138. The molecule has 0 saturated heterocycles. The first-order chi connectivity index (χ1) is 8.81. The fraction of sp³-hybridized carbons (Fsp3) is 0.385. The summed E-state index contributed by atoms with van der Waals surface area (Å²) in [4.78, 5) is 15.1. The van der Waals surface area contributed by atoms with Crippen LogP contribution in [0.4, 0.5) is 4.39 Å². The van der Waals surface area contributed by atoms with Crippen molar-refractivity contribution >= 4 is 23.1 Å². The molecule has 0 bridgehead atoms. The first kappa shape index (κ1) is 15.5. The predicted octanol–water partition coefficient (Wildman–Crippen LogP) is 0.980. The van der Waals surface area contributed by atoms with Gasteiger partial charge in [0.2, 0.25) is 5.91 Å². The zero-order valence-corrected chi connectivity index (χ0v) is 12.1. The fourth-order valence-electron chi connectivity index (χ4n) is 1.63. The summed E-state index contributed by atoms with van der Waals surface area (Å²) in [6, 6.07) is 4.32. The van der Waals surface area contributed by atoms with Gasteiger partial charge in [0.25, 0.3) is 0 Å². The van der Waals surface area contributed by atoms with Crippen molar-refractivity contribution in [2.45, 2.75) is 6.54 Å². The number of likely N-dealkylation sites (N-methyl/N-ethyl adjacent to an activating group) is 2. The lowest BCUT2D eigenvalue weighted by Gasteiger charge is -2.20. The largest absolute Gasteiger partial charge is 0.389 e. The number of benzene rings is 1. The topological polar surface area (TPSA) is 49.6 Å². The summed E-state index contributed by atoms with van der Waals surface area (Å²) in [5.74, 6) is -0.375. The molecule has 2 N–H and O–H groups in total. The number of amides is 1. The third-order valence-corrected chi connectivity index (χ3v) is 2.90. The number of halogens is 1. The van der Waals surface area contributed by atoms with Crippen molar-refractivity contribution in [1.29, 1.82) is 0 Å². The Labute approximate surface area is 118 Å². The molecule has 1 aromatic rings. The highest BCUT2D eigenvalue weighted by molar-refractivity contribution is 7.80. The third kappa shape index (κ3) is 4.57. The van der Waals surface area contributed by atoms with Crippen LogP contribution >= 0.6 is 12.2 Å². The van der Waals surface area contributed by atoms with Crippen LogP contribution in [-0.2, 0) is 11.3 Å². The SMILES string of the molecule is CN(CC(=O)N(C)C)Cc1ccc(F)cc1C(N)=S. The van der Waals surface area contributed by atoms with Crippen molar-refractivity contribution in [2.75, 3.05) is 27.7 Å². The molecule has 0 unspecified atom stereocenters. The molecule has 0 aromatic heterocycles. The normalized spacial score (nSPS) is 10.6. The maximum atomic E-state index is 13.2. The molecule has 0 aliphatic heterocycles. The molecule has 104 valence electrons. The van der Waals surface area contributed by atoms with Crippen LogP contribution in [0.25, 0.3) is 0 Å². The van der Waals surface area contributed by atoms with Crippen LogP contribution < -0.4 is 5.73 Å². The molecule has 0 atom stereocenters. The van der Waals surface area contributed by atoms with Gasteiger partial charge in [-0.25, -0.2) is 4.39 Å². The zero-order valence-electron chi connectivity index (χ0n) is 11.3. The van der Waals surface area contributed by atoms with E-state index in [-0.39, 0.29) is 23.3 Å². The van der Waals surface area contributed by atoms with Gasteiger partial charge in [0.05, 0.1) is 6.54 Å². The first-order valence-electron chi connectivity index (χ1n) is 5.78. The average molecular weight is 283 g/mol. The number of nitrogens with two attached hydrogens (primary N) is 1. The Bertz CT molecular complexity index is 491. The van der Waals surface area contributed by atoms with Gasteiger partial charge in [-0.2, -0.15) is 0 Å². The van der Waals surface area contributed by atoms with Crippen molar-refractivity contribution in [2.24, 2.45) is 5.73 Å². The van der Waals surface area contributed by atoms with Gasteiger partial charge in [-0.3, -0.25) is 9.69 Å². The summed E-state index contributed by atoms with van der Waals surface area (Å²) in [7, 11) is 5.22. The summed E-state index contributed by atoms with van der Waals surface area (Å²) < 4.78 is 13.2. The maximum absolute atomic E-state index is 13.2. The van der Waals surface area contributed by atoms with Crippen LogP contribution in [0.5, 0.6) is 0 Å². The molecular weight excluding hydrogens is 265 g/mol. The number of thiocarbonyl (C=S) groups is 1. The van der Waals surface area contributed by atoms with E-state index in [1.54, 1.807) is 20.2 Å². The molecule has 0 radical (unpaired) electrons. The van der Waals surface area contributed by atoms with Crippen molar-refractivity contribution in [1.82, 2.24) is 9.80 Å². The number of carbonyl (C=O) groups excluding carboxylic acids is 1. The smallest absolute Gasteiger partial charge is 0.236 e. The average Bonchev–Trinajstić information content (AvgIpc) is 2.30. The minimum Gasteiger partial charge on any atom is -0.389 e. The van der Waals surface area contributed by atoms with E-state index in [0.29, 0.717) is 12.1 Å². The predicted molar refractivity (Wildman–Crippen MR) is 77.3 cm³/mol. The Morgan fingerprint density at radius 2 is 2.00 bits per heavy atom. The van der Waals surface area contributed by atoms with Gasteiger partial charge in [-0.1, -0.05) is 18.3 Å². The second-order valence-corrected chi connectivity index (χ2v) is 5.07. The Kier molecular flexibility index (Phi) is 5.38. The first-order valence-corrected chi connectivity index (χ1v) is 6.19. The molecule has 4 nitrogen and oxygen atoms in total. The van der Waals surface area contributed by atoms with E-state index in [2.05, 4.69) is 0 Å². The van der Waals surface area contributed by atoms with E-state index in [1.807, 2.05) is 11.9 Å². The summed E-state index contributed by atoms with van der Waals surface area (Å²) in [6.07, 6.45) is 0. The van der Waals surface area contributed by atoms with Gasteiger partial charge in [0, 0.05) is 26.2 Å². The van der Waals surface area contributed by atoms with Crippen molar-refractivity contribution in [3.05, 3.63) is 35.1 Å². The van der Waals surface area contributed by atoms with E-state index in [1.165, 1.54) is 17.0 Å². The monoisotopic (exact) mass is 283 g/mol. The second-order valence-electron chi connectivity index (χ2n) is 4.63. The lowest BCUT2D eigenvalue weighted by molar-refractivity contribution is -0.129. The van der Waals surface area contributed by atoms with Crippen molar-refractivity contribution in [3.63, 3.8) is 0 Å². The highest BCUT2D eigenvalue weighted by atomic mass is 32.1. The van der Waals surface area contributed by atoms with E-state index in [4.69, 9.17) is 18.0 Å². The van der Waals surface area contributed by atoms with Crippen molar-refractivity contribution < 1.29 is 9.18 Å².